The van der Waals surface area contributed by atoms with Gasteiger partial charge in [-0.05, 0) is 45.3 Å². The van der Waals surface area contributed by atoms with Gasteiger partial charge in [0.15, 0.2) is 0 Å². The second-order valence-corrected chi connectivity index (χ2v) is 6.04. The quantitative estimate of drug-likeness (QED) is 0.480. The van der Waals surface area contributed by atoms with Gasteiger partial charge in [-0.25, -0.2) is 6.57 Å². The monoisotopic (exact) mass is 242 g/mol. The van der Waals surface area contributed by atoms with Crippen LogP contribution >= 0.6 is 0 Å². The maximum atomic E-state index is 11.6. The fourth-order valence-electron chi connectivity index (χ4n) is 2.01. The van der Waals surface area contributed by atoms with E-state index in [-0.39, 0.29) is 0 Å². The van der Waals surface area contributed by atoms with Crippen LogP contribution < -0.4 is 0 Å². The Morgan fingerprint density at radius 3 is 2.50 bits per heavy atom. The Balaban J connectivity index is 1.91. The van der Waals surface area contributed by atoms with E-state index < -0.39 is 10.8 Å². The molecule has 4 heteroatoms. The molecular weight excluding hydrogens is 220 g/mol. The Labute approximate surface area is 101 Å². The first-order valence-electron chi connectivity index (χ1n) is 6.23. The van der Waals surface area contributed by atoms with Gasteiger partial charge < -0.3 is 9.74 Å². The highest BCUT2D eigenvalue weighted by Crippen LogP contribution is 2.07. The summed E-state index contributed by atoms with van der Waals surface area (Å²) in [4.78, 5) is 5.76. The van der Waals surface area contributed by atoms with Crippen molar-refractivity contribution in [1.29, 1.82) is 0 Å². The molecule has 1 fully saturated rings. The summed E-state index contributed by atoms with van der Waals surface area (Å²) < 4.78 is 11.6. The molecule has 1 unspecified atom stereocenters. The summed E-state index contributed by atoms with van der Waals surface area (Å²) in [5.41, 5.74) is 0. The third-order valence-corrected chi connectivity index (χ3v) is 4.42. The number of hydrogen-bond donors (Lipinski definition) is 0. The van der Waals surface area contributed by atoms with Crippen LogP contribution in [0.3, 0.4) is 0 Å². The lowest BCUT2D eigenvalue weighted by Crippen LogP contribution is -2.22. The second kappa shape index (κ2) is 8.72. The smallest absolute Gasteiger partial charge is 0.214 e. The van der Waals surface area contributed by atoms with Crippen LogP contribution in [0.1, 0.15) is 32.1 Å². The minimum absolute atomic E-state index is 0.588. The van der Waals surface area contributed by atoms with E-state index in [1.54, 1.807) is 0 Å². The van der Waals surface area contributed by atoms with Crippen molar-refractivity contribution >= 4 is 10.8 Å². The largest absolute Gasteiger partial charge is 0.317 e. The number of likely N-dealkylation sites (tertiary alicyclic amines) is 1. The Kier molecular flexibility index (Phi) is 7.45. The molecule has 1 aliphatic heterocycles. The summed E-state index contributed by atoms with van der Waals surface area (Å²) in [6.45, 7) is 10.8. The highest BCUT2D eigenvalue weighted by Gasteiger charge is 2.10. The highest BCUT2D eigenvalue weighted by atomic mass is 32.2. The summed E-state index contributed by atoms with van der Waals surface area (Å²) in [5.74, 6) is 1.63. The predicted molar refractivity (Wildman–Crippen MR) is 68.9 cm³/mol. The van der Waals surface area contributed by atoms with Gasteiger partial charge in [0.05, 0.1) is 0 Å². The first-order chi connectivity index (χ1) is 7.83. The van der Waals surface area contributed by atoms with Crippen molar-refractivity contribution in [1.82, 2.24) is 4.90 Å². The van der Waals surface area contributed by atoms with E-state index in [2.05, 4.69) is 9.74 Å². The van der Waals surface area contributed by atoms with Crippen LogP contribution in [-0.4, -0.2) is 46.8 Å². The molecule has 1 aliphatic rings. The van der Waals surface area contributed by atoms with Crippen LogP contribution in [0.2, 0.25) is 0 Å². The van der Waals surface area contributed by atoms with Crippen molar-refractivity contribution in [3.8, 4) is 0 Å². The molecular formula is C12H22N2OS. The molecule has 0 bridgehead atoms. The van der Waals surface area contributed by atoms with Gasteiger partial charge in [-0.3, -0.25) is 4.21 Å². The highest BCUT2D eigenvalue weighted by molar-refractivity contribution is 7.84. The molecule has 3 nitrogen and oxygen atoms in total. The summed E-state index contributed by atoms with van der Waals surface area (Å²) in [7, 11) is -0.653. The average Bonchev–Trinajstić information content (AvgIpc) is 2.77. The Morgan fingerprint density at radius 1 is 1.12 bits per heavy atom. The zero-order valence-corrected chi connectivity index (χ0v) is 10.8. The van der Waals surface area contributed by atoms with E-state index in [9.17, 15) is 4.21 Å². The molecule has 1 atom stereocenters. The maximum absolute atomic E-state index is 11.6. The summed E-state index contributed by atoms with van der Waals surface area (Å²) in [5, 5.41) is 0. The SMILES string of the molecule is [C-]#[N+]CCCCS(=O)CCCN1CCCC1. The second-order valence-electron chi connectivity index (χ2n) is 4.34. The number of hydrogen-bond acceptors (Lipinski definition) is 2. The van der Waals surface area contributed by atoms with E-state index in [4.69, 9.17) is 6.57 Å². The minimum Gasteiger partial charge on any atom is -0.317 e. The van der Waals surface area contributed by atoms with Crippen molar-refractivity contribution < 1.29 is 4.21 Å². The topological polar surface area (TPSA) is 24.7 Å². The Morgan fingerprint density at radius 2 is 1.81 bits per heavy atom. The third kappa shape index (κ3) is 6.24. The van der Waals surface area contributed by atoms with E-state index in [0.29, 0.717) is 6.54 Å². The van der Waals surface area contributed by atoms with Crippen molar-refractivity contribution in [2.75, 3.05) is 37.7 Å². The number of nitrogens with zero attached hydrogens (tertiary/aromatic N) is 2. The van der Waals surface area contributed by atoms with Gasteiger partial charge in [-0.2, -0.15) is 0 Å². The van der Waals surface area contributed by atoms with Crippen LogP contribution in [0.15, 0.2) is 0 Å². The van der Waals surface area contributed by atoms with Crippen LogP contribution in [0.5, 0.6) is 0 Å². The summed E-state index contributed by atoms with van der Waals surface area (Å²) >= 11 is 0. The number of rotatable bonds is 8. The van der Waals surface area contributed by atoms with E-state index in [1.807, 2.05) is 0 Å². The molecule has 0 aliphatic carbocycles. The van der Waals surface area contributed by atoms with Gasteiger partial charge in [-0.1, -0.05) is 0 Å². The molecule has 1 saturated heterocycles. The summed E-state index contributed by atoms with van der Waals surface area (Å²) in [6, 6.07) is 0. The lowest BCUT2D eigenvalue weighted by molar-refractivity contribution is 0.340. The third-order valence-electron chi connectivity index (χ3n) is 2.94. The molecule has 0 amide bonds. The van der Waals surface area contributed by atoms with Crippen LogP contribution in [-0.2, 0) is 10.8 Å². The average molecular weight is 242 g/mol. The van der Waals surface area contributed by atoms with Gasteiger partial charge in [0, 0.05) is 28.7 Å². The van der Waals surface area contributed by atoms with Gasteiger partial charge in [0.2, 0.25) is 6.54 Å². The molecule has 0 aromatic rings. The molecule has 0 saturated carbocycles. The normalized spacial score (nSPS) is 18.4. The first kappa shape index (κ1) is 13.7. The summed E-state index contributed by atoms with van der Waals surface area (Å²) in [6.07, 6.45) is 5.58. The van der Waals surface area contributed by atoms with Gasteiger partial charge >= 0.3 is 0 Å². The van der Waals surface area contributed by atoms with Gasteiger partial charge in [0.25, 0.3) is 0 Å². The van der Waals surface area contributed by atoms with Crippen LogP contribution in [0.25, 0.3) is 4.85 Å². The van der Waals surface area contributed by atoms with Crippen molar-refractivity contribution in [2.24, 2.45) is 0 Å². The Bertz CT molecular complexity index is 244. The molecule has 1 rings (SSSR count). The standard InChI is InChI=1S/C12H22N2OS/c1-13-7-2-5-11-16(15)12-6-10-14-8-3-4-9-14/h2-12H2. The molecule has 0 radical (unpaired) electrons. The van der Waals surface area contributed by atoms with E-state index in [0.717, 1.165) is 37.3 Å². The fourth-order valence-corrected chi connectivity index (χ4v) is 3.19. The zero-order chi connectivity index (χ0) is 11.6. The van der Waals surface area contributed by atoms with Crippen LogP contribution in [0, 0.1) is 6.57 Å². The van der Waals surface area contributed by atoms with Gasteiger partial charge in [0.1, 0.15) is 0 Å². The molecule has 92 valence electrons. The molecule has 16 heavy (non-hydrogen) atoms. The maximum Gasteiger partial charge on any atom is 0.214 e. The zero-order valence-electron chi connectivity index (χ0n) is 9.99. The molecule has 0 aromatic carbocycles. The lowest BCUT2D eigenvalue weighted by atomic mass is 10.3. The lowest BCUT2D eigenvalue weighted by Gasteiger charge is -2.13. The van der Waals surface area contributed by atoms with Gasteiger partial charge in [-0.15, -0.1) is 0 Å². The predicted octanol–water partition coefficient (Wildman–Crippen LogP) is 1.92. The number of unbranched alkanes of at least 4 members (excludes halogenated alkanes) is 1. The Hall–Kier alpha value is -0.400. The molecule has 0 N–H and O–H groups in total. The van der Waals surface area contributed by atoms with Crippen molar-refractivity contribution in [3.05, 3.63) is 11.4 Å². The fraction of sp³-hybridized carbons (Fsp3) is 0.917. The van der Waals surface area contributed by atoms with Crippen molar-refractivity contribution in [3.63, 3.8) is 0 Å². The minimum atomic E-state index is -0.653. The van der Waals surface area contributed by atoms with Crippen molar-refractivity contribution in [2.45, 2.75) is 32.1 Å². The molecule has 0 spiro atoms. The van der Waals surface area contributed by atoms with E-state index >= 15 is 0 Å². The van der Waals surface area contributed by atoms with E-state index in [1.165, 1.54) is 25.9 Å². The van der Waals surface area contributed by atoms with Crippen LogP contribution in [0.4, 0.5) is 0 Å². The first-order valence-corrected chi connectivity index (χ1v) is 7.72. The molecule has 0 aromatic heterocycles. The molecule has 1 heterocycles.